The van der Waals surface area contributed by atoms with Gasteiger partial charge in [0.15, 0.2) is 0 Å². The van der Waals surface area contributed by atoms with Crippen molar-refractivity contribution in [1.29, 1.82) is 0 Å². The van der Waals surface area contributed by atoms with E-state index in [1.165, 1.54) is 0 Å². The molecule has 1 aliphatic rings. The number of hydrogen-bond acceptors (Lipinski definition) is 3. The van der Waals surface area contributed by atoms with Crippen LogP contribution < -0.4 is 15.8 Å². The molecule has 19 heavy (non-hydrogen) atoms. The van der Waals surface area contributed by atoms with Gasteiger partial charge in [0.05, 0.1) is 7.11 Å². The van der Waals surface area contributed by atoms with Gasteiger partial charge in [-0.05, 0) is 49.9 Å². The van der Waals surface area contributed by atoms with Gasteiger partial charge in [-0.15, -0.1) is 0 Å². The summed E-state index contributed by atoms with van der Waals surface area (Å²) in [4.78, 5) is 12.2. The minimum atomic E-state index is 0.0474. The Morgan fingerprint density at radius 1 is 1.42 bits per heavy atom. The van der Waals surface area contributed by atoms with Crippen molar-refractivity contribution < 1.29 is 9.53 Å². The molecule has 1 amide bonds. The molecule has 0 saturated heterocycles. The SMILES string of the molecule is COc1ccc(NC(=O)C2CCCC(N)C2)cc1C. The number of amides is 1. The van der Waals surface area contributed by atoms with Crippen LogP contribution in [0.5, 0.6) is 5.75 Å². The normalized spacial score (nSPS) is 22.9. The molecular weight excluding hydrogens is 240 g/mol. The summed E-state index contributed by atoms with van der Waals surface area (Å²) >= 11 is 0. The van der Waals surface area contributed by atoms with Crippen LogP contribution in [-0.4, -0.2) is 19.1 Å². The van der Waals surface area contributed by atoms with Crippen LogP contribution in [0.4, 0.5) is 5.69 Å². The second-order valence-electron chi connectivity index (χ2n) is 5.30. The quantitative estimate of drug-likeness (QED) is 0.879. The van der Waals surface area contributed by atoms with Crippen molar-refractivity contribution in [3.8, 4) is 5.75 Å². The van der Waals surface area contributed by atoms with E-state index in [0.29, 0.717) is 0 Å². The Hall–Kier alpha value is -1.55. The summed E-state index contributed by atoms with van der Waals surface area (Å²) in [7, 11) is 1.64. The zero-order valence-corrected chi connectivity index (χ0v) is 11.6. The molecule has 0 heterocycles. The van der Waals surface area contributed by atoms with E-state index in [0.717, 1.165) is 42.7 Å². The molecule has 0 bridgehead atoms. The van der Waals surface area contributed by atoms with Gasteiger partial charge < -0.3 is 15.8 Å². The molecule has 1 aromatic carbocycles. The molecule has 1 aliphatic carbocycles. The van der Waals surface area contributed by atoms with Crippen LogP contribution in [-0.2, 0) is 4.79 Å². The molecule has 0 aliphatic heterocycles. The predicted octanol–water partition coefficient (Wildman–Crippen LogP) is 2.46. The molecular formula is C15H22N2O2. The minimum absolute atomic E-state index is 0.0474. The van der Waals surface area contributed by atoms with Gasteiger partial charge in [0.1, 0.15) is 5.75 Å². The monoisotopic (exact) mass is 262 g/mol. The topological polar surface area (TPSA) is 64.3 Å². The van der Waals surface area contributed by atoms with E-state index in [2.05, 4.69) is 5.32 Å². The van der Waals surface area contributed by atoms with Gasteiger partial charge in [0.25, 0.3) is 0 Å². The van der Waals surface area contributed by atoms with Crippen molar-refractivity contribution in [3.63, 3.8) is 0 Å². The first kappa shape index (κ1) is 13.9. The molecule has 1 fully saturated rings. The summed E-state index contributed by atoms with van der Waals surface area (Å²) in [5, 5.41) is 2.97. The maximum Gasteiger partial charge on any atom is 0.227 e. The van der Waals surface area contributed by atoms with Gasteiger partial charge in [-0.25, -0.2) is 0 Å². The van der Waals surface area contributed by atoms with Crippen molar-refractivity contribution in [1.82, 2.24) is 0 Å². The number of anilines is 1. The van der Waals surface area contributed by atoms with Crippen molar-refractivity contribution in [2.75, 3.05) is 12.4 Å². The van der Waals surface area contributed by atoms with Gasteiger partial charge in [0, 0.05) is 17.6 Å². The van der Waals surface area contributed by atoms with E-state index in [1.54, 1.807) is 7.11 Å². The van der Waals surface area contributed by atoms with Gasteiger partial charge in [-0.2, -0.15) is 0 Å². The average molecular weight is 262 g/mol. The molecule has 1 aromatic rings. The second kappa shape index (κ2) is 6.06. The van der Waals surface area contributed by atoms with Gasteiger partial charge in [0.2, 0.25) is 5.91 Å². The number of aryl methyl sites for hydroxylation is 1. The van der Waals surface area contributed by atoms with E-state index in [1.807, 2.05) is 25.1 Å². The van der Waals surface area contributed by atoms with Gasteiger partial charge in [-0.3, -0.25) is 4.79 Å². The smallest absolute Gasteiger partial charge is 0.227 e. The number of hydrogen-bond donors (Lipinski definition) is 2. The summed E-state index contributed by atoms with van der Waals surface area (Å²) < 4.78 is 5.21. The number of nitrogens with two attached hydrogens (primary N) is 1. The number of benzene rings is 1. The highest BCUT2D eigenvalue weighted by Gasteiger charge is 2.25. The summed E-state index contributed by atoms with van der Waals surface area (Å²) in [5.74, 6) is 0.962. The molecule has 0 radical (unpaired) electrons. The number of carbonyl (C=O) groups is 1. The molecule has 4 nitrogen and oxygen atoms in total. The lowest BCUT2D eigenvalue weighted by molar-refractivity contribution is -0.120. The Kier molecular flexibility index (Phi) is 4.43. The summed E-state index contributed by atoms with van der Waals surface area (Å²) in [5.41, 5.74) is 7.76. The fourth-order valence-corrected chi connectivity index (χ4v) is 2.67. The van der Waals surface area contributed by atoms with Crippen molar-refractivity contribution >= 4 is 11.6 Å². The number of ether oxygens (including phenoxy) is 1. The van der Waals surface area contributed by atoms with Crippen molar-refractivity contribution in [2.24, 2.45) is 11.7 Å². The van der Waals surface area contributed by atoms with Crippen LogP contribution in [0.25, 0.3) is 0 Å². The fraction of sp³-hybridized carbons (Fsp3) is 0.533. The highest BCUT2D eigenvalue weighted by Crippen LogP contribution is 2.26. The Labute approximate surface area is 114 Å². The number of nitrogens with one attached hydrogen (secondary N) is 1. The van der Waals surface area contributed by atoms with Crippen LogP contribution in [0.3, 0.4) is 0 Å². The minimum Gasteiger partial charge on any atom is -0.496 e. The molecule has 2 atom stereocenters. The second-order valence-corrected chi connectivity index (χ2v) is 5.30. The van der Waals surface area contributed by atoms with Gasteiger partial charge >= 0.3 is 0 Å². The fourth-order valence-electron chi connectivity index (χ4n) is 2.67. The molecule has 3 N–H and O–H groups in total. The molecule has 0 aromatic heterocycles. The third kappa shape index (κ3) is 3.47. The Morgan fingerprint density at radius 2 is 2.21 bits per heavy atom. The Bertz CT molecular complexity index is 459. The molecule has 0 spiro atoms. The van der Waals surface area contributed by atoms with Crippen molar-refractivity contribution in [3.05, 3.63) is 23.8 Å². The summed E-state index contributed by atoms with van der Waals surface area (Å²) in [6.07, 6.45) is 3.81. The first-order chi connectivity index (χ1) is 9.10. The number of methoxy groups -OCH3 is 1. The average Bonchev–Trinajstić information content (AvgIpc) is 2.39. The zero-order chi connectivity index (χ0) is 13.8. The lowest BCUT2D eigenvalue weighted by Gasteiger charge is -2.25. The Balaban J connectivity index is 2.00. The van der Waals surface area contributed by atoms with E-state index in [4.69, 9.17) is 10.5 Å². The molecule has 4 heteroatoms. The largest absolute Gasteiger partial charge is 0.496 e. The summed E-state index contributed by atoms with van der Waals surface area (Å²) in [6, 6.07) is 5.84. The van der Waals surface area contributed by atoms with Gasteiger partial charge in [-0.1, -0.05) is 6.42 Å². The van der Waals surface area contributed by atoms with Crippen LogP contribution in [0, 0.1) is 12.8 Å². The zero-order valence-electron chi connectivity index (χ0n) is 11.6. The lowest BCUT2D eigenvalue weighted by Crippen LogP contribution is -2.34. The van der Waals surface area contributed by atoms with Crippen molar-refractivity contribution in [2.45, 2.75) is 38.6 Å². The van der Waals surface area contributed by atoms with Crippen LogP contribution >= 0.6 is 0 Å². The molecule has 1 saturated carbocycles. The van der Waals surface area contributed by atoms with E-state index in [-0.39, 0.29) is 17.9 Å². The molecule has 2 unspecified atom stereocenters. The molecule has 2 rings (SSSR count). The third-order valence-electron chi connectivity index (χ3n) is 3.75. The third-order valence-corrected chi connectivity index (χ3v) is 3.75. The lowest BCUT2D eigenvalue weighted by atomic mass is 9.85. The highest BCUT2D eigenvalue weighted by atomic mass is 16.5. The number of carbonyl (C=O) groups excluding carboxylic acids is 1. The highest BCUT2D eigenvalue weighted by molar-refractivity contribution is 5.92. The Morgan fingerprint density at radius 3 is 2.84 bits per heavy atom. The van der Waals surface area contributed by atoms with E-state index >= 15 is 0 Å². The predicted molar refractivity (Wildman–Crippen MR) is 76.3 cm³/mol. The maximum absolute atomic E-state index is 12.2. The first-order valence-corrected chi connectivity index (χ1v) is 6.81. The van der Waals surface area contributed by atoms with Crippen LogP contribution in [0.2, 0.25) is 0 Å². The first-order valence-electron chi connectivity index (χ1n) is 6.81. The van der Waals surface area contributed by atoms with E-state index < -0.39 is 0 Å². The maximum atomic E-state index is 12.2. The number of rotatable bonds is 3. The van der Waals surface area contributed by atoms with E-state index in [9.17, 15) is 4.79 Å². The molecule has 104 valence electrons. The standard InChI is InChI=1S/C15H22N2O2/c1-10-8-13(6-7-14(10)19-2)17-15(18)11-4-3-5-12(16)9-11/h6-8,11-12H,3-5,9,16H2,1-2H3,(H,17,18). The van der Waals surface area contributed by atoms with Crippen LogP contribution in [0.15, 0.2) is 18.2 Å². The van der Waals surface area contributed by atoms with Crippen LogP contribution in [0.1, 0.15) is 31.2 Å². The summed E-state index contributed by atoms with van der Waals surface area (Å²) in [6.45, 7) is 1.96.